The number of amides is 1. The summed E-state index contributed by atoms with van der Waals surface area (Å²) < 4.78 is 0. The molecule has 0 aromatic carbocycles. The monoisotopic (exact) mass is 325 g/mol. The highest BCUT2D eigenvalue weighted by molar-refractivity contribution is 7.09. The number of aliphatic hydroxyl groups is 1. The molecule has 0 bridgehead atoms. The Morgan fingerprint density at radius 2 is 2.27 bits per heavy atom. The first-order valence-corrected chi connectivity index (χ1v) is 9.07. The maximum absolute atomic E-state index is 12.0. The summed E-state index contributed by atoms with van der Waals surface area (Å²) in [4.78, 5) is 19.0. The predicted molar refractivity (Wildman–Crippen MR) is 88.8 cm³/mol. The minimum atomic E-state index is -0.481. The summed E-state index contributed by atoms with van der Waals surface area (Å²) in [6.45, 7) is 6.97. The van der Waals surface area contributed by atoms with Crippen LogP contribution in [0, 0.1) is 5.92 Å². The van der Waals surface area contributed by atoms with E-state index in [1.54, 1.807) is 18.3 Å². The van der Waals surface area contributed by atoms with Gasteiger partial charge < -0.3 is 10.4 Å². The maximum atomic E-state index is 12.0. The molecule has 0 spiro atoms. The molecule has 0 radical (unpaired) electrons. The molecule has 1 atom stereocenters. The lowest BCUT2D eigenvalue weighted by Gasteiger charge is -2.30. The summed E-state index contributed by atoms with van der Waals surface area (Å²) in [5, 5.41) is 15.4. The summed E-state index contributed by atoms with van der Waals surface area (Å²) in [6, 6.07) is 0. The lowest BCUT2D eigenvalue weighted by Crippen LogP contribution is -2.41. The zero-order valence-corrected chi connectivity index (χ0v) is 14.4. The quantitative estimate of drug-likeness (QED) is 0.802. The Bertz CT molecular complexity index is 468. The van der Waals surface area contributed by atoms with E-state index >= 15 is 0 Å². The van der Waals surface area contributed by atoms with Crippen LogP contribution < -0.4 is 5.32 Å². The molecule has 1 aliphatic heterocycles. The van der Waals surface area contributed by atoms with Gasteiger partial charge in [0.2, 0.25) is 5.91 Å². The zero-order valence-electron chi connectivity index (χ0n) is 13.5. The van der Waals surface area contributed by atoms with Crippen LogP contribution in [0.4, 0.5) is 0 Å². The normalized spacial score (nSPS) is 18.3. The number of rotatable bonds is 7. The largest absolute Gasteiger partial charge is 0.392 e. The smallest absolute Gasteiger partial charge is 0.223 e. The van der Waals surface area contributed by atoms with Gasteiger partial charge in [-0.1, -0.05) is 6.92 Å². The summed E-state index contributed by atoms with van der Waals surface area (Å²) in [5.41, 5.74) is 1.16. The second-order valence-electron chi connectivity index (χ2n) is 6.13. The number of thiazole rings is 1. The Hall–Kier alpha value is -0.980. The van der Waals surface area contributed by atoms with Crippen molar-refractivity contribution in [1.29, 1.82) is 0 Å². The van der Waals surface area contributed by atoms with Crippen LogP contribution in [0.5, 0.6) is 0 Å². The third-order valence-electron chi connectivity index (χ3n) is 3.98. The number of aryl methyl sites for hydroxylation is 1. The van der Waals surface area contributed by atoms with Crippen LogP contribution in [0.3, 0.4) is 0 Å². The second-order valence-corrected chi connectivity index (χ2v) is 7.07. The molecule has 0 aliphatic carbocycles. The van der Waals surface area contributed by atoms with Crippen LogP contribution in [0.2, 0.25) is 0 Å². The maximum Gasteiger partial charge on any atom is 0.223 e. The molecule has 2 rings (SSSR count). The number of carbonyl (C=O) groups excluding carboxylic acids is 1. The van der Waals surface area contributed by atoms with Gasteiger partial charge in [-0.05, 0) is 45.7 Å². The van der Waals surface area contributed by atoms with Crippen LogP contribution in [0.15, 0.2) is 5.38 Å². The third kappa shape index (κ3) is 5.34. The van der Waals surface area contributed by atoms with Gasteiger partial charge in [0, 0.05) is 24.4 Å². The van der Waals surface area contributed by atoms with E-state index in [9.17, 15) is 9.90 Å². The molecule has 1 aliphatic rings. The van der Waals surface area contributed by atoms with Crippen LogP contribution in [0.1, 0.15) is 43.8 Å². The molecule has 1 aromatic rings. The number of aliphatic hydroxyl groups excluding tert-OH is 1. The van der Waals surface area contributed by atoms with Gasteiger partial charge in [0.15, 0.2) is 0 Å². The molecule has 2 N–H and O–H groups in total. The number of nitrogens with zero attached hydrogens (tertiary/aromatic N) is 2. The van der Waals surface area contributed by atoms with Crippen molar-refractivity contribution >= 4 is 17.2 Å². The highest BCUT2D eigenvalue weighted by Crippen LogP contribution is 2.20. The number of hydrogen-bond donors (Lipinski definition) is 2. The third-order valence-corrected chi connectivity index (χ3v) is 4.94. The first-order chi connectivity index (χ1) is 10.6. The SMILES string of the molecule is CCCc1nc(CN2CCC(C(=O)NC[C@H](C)O)CC2)cs1. The first-order valence-electron chi connectivity index (χ1n) is 8.20. The van der Waals surface area contributed by atoms with E-state index in [2.05, 4.69) is 27.5 Å². The summed E-state index contributed by atoms with van der Waals surface area (Å²) in [5.74, 6) is 0.167. The van der Waals surface area contributed by atoms with E-state index in [-0.39, 0.29) is 11.8 Å². The molecule has 124 valence electrons. The zero-order chi connectivity index (χ0) is 15.9. The van der Waals surface area contributed by atoms with Crippen LogP contribution >= 0.6 is 11.3 Å². The topological polar surface area (TPSA) is 65.5 Å². The lowest BCUT2D eigenvalue weighted by atomic mass is 9.96. The average molecular weight is 325 g/mol. The average Bonchev–Trinajstić information content (AvgIpc) is 2.93. The van der Waals surface area contributed by atoms with Crippen molar-refractivity contribution in [3.05, 3.63) is 16.1 Å². The van der Waals surface area contributed by atoms with Crippen molar-refractivity contribution in [3.8, 4) is 0 Å². The van der Waals surface area contributed by atoms with Gasteiger partial charge in [0.05, 0.1) is 16.8 Å². The molecule has 6 heteroatoms. The minimum Gasteiger partial charge on any atom is -0.392 e. The van der Waals surface area contributed by atoms with Crippen molar-refractivity contribution < 1.29 is 9.90 Å². The van der Waals surface area contributed by atoms with Crippen LogP contribution in [-0.2, 0) is 17.8 Å². The molecule has 1 aromatic heterocycles. The van der Waals surface area contributed by atoms with Crippen molar-refractivity contribution in [2.75, 3.05) is 19.6 Å². The fourth-order valence-corrected chi connectivity index (χ4v) is 3.62. The molecular weight excluding hydrogens is 298 g/mol. The number of aromatic nitrogens is 1. The first kappa shape index (κ1) is 17.4. The molecule has 1 saturated heterocycles. The Morgan fingerprint density at radius 3 is 2.91 bits per heavy atom. The molecular formula is C16H27N3O2S. The van der Waals surface area contributed by atoms with Gasteiger partial charge >= 0.3 is 0 Å². The Labute approximate surface area is 136 Å². The Morgan fingerprint density at radius 1 is 1.55 bits per heavy atom. The van der Waals surface area contributed by atoms with Gasteiger partial charge in [0.1, 0.15) is 0 Å². The van der Waals surface area contributed by atoms with Gasteiger partial charge in [0.25, 0.3) is 0 Å². The van der Waals surface area contributed by atoms with Crippen LogP contribution in [-0.4, -0.2) is 46.6 Å². The van der Waals surface area contributed by atoms with Gasteiger partial charge in [-0.25, -0.2) is 4.98 Å². The number of hydrogen-bond acceptors (Lipinski definition) is 5. The van der Waals surface area contributed by atoms with E-state index in [4.69, 9.17) is 0 Å². The highest BCUT2D eigenvalue weighted by Gasteiger charge is 2.25. The highest BCUT2D eigenvalue weighted by atomic mass is 32.1. The molecule has 1 amide bonds. The molecule has 5 nitrogen and oxygen atoms in total. The van der Waals surface area contributed by atoms with Crippen molar-refractivity contribution in [2.45, 2.75) is 52.2 Å². The summed E-state index contributed by atoms with van der Waals surface area (Å²) in [6.07, 6.45) is 3.50. The van der Waals surface area contributed by atoms with Gasteiger partial charge in [-0.15, -0.1) is 11.3 Å². The molecule has 0 saturated carbocycles. The molecule has 0 unspecified atom stereocenters. The van der Waals surface area contributed by atoms with Crippen molar-refractivity contribution in [3.63, 3.8) is 0 Å². The number of likely N-dealkylation sites (tertiary alicyclic amines) is 1. The number of nitrogens with one attached hydrogen (secondary N) is 1. The standard InChI is InChI=1S/C16H27N3O2S/c1-3-4-15-18-14(11-22-15)10-19-7-5-13(6-8-19)16(21)17-9-12(2)20/h11-13,20H,3-10H2,1-2H3,(H,17,21)/t12-/m0/s1. The second kappa shape index (κ2) is 8.60. The fraction of sp³-hybridized carbons (Fsp3) is 0.750. The summed E-state index contributed by atoms with van der Waals surface area (Å²) >= 11 is 1.75. The Kier molecular flexibility index (Phi) is 6.79. The van der Waals surface area contributed by atoms with Crippen LogP contribution in [0.25, 0.3) is 0 Å². The minimum absolute atomic E-state index is 0.0828. The fourth-order valence-electron chi connectivity index (χ4n) is 2.73. The van der Waals surface area contributed by atoms with E-state index < -0.39 is 6.10 Å². The van der Waals surface area contributed by atoms with Crippen molar-refractivity contribution in [1.82, 2.24) is 15.2 Å². The van der Waals surface area contributed by atoms with E-state index in [0.29, 0.717) is 6.54 Å². The van der Waals surface area contributed by atoms with Crippen molar-refractivity contribution in [2.24, 2.45) is 5.92 Å². The molecule has 2 heterocycles. The van der Waals surface area contributed by atoms with Gasteiger partial charge in [-0.2, -0.15) is 0 Å². The van der Waals surface area contributed by atoms with E-state index in [0.717, 1.165) is 51.0 Å². The number of carbonyl (C=O) groups is 1. The molecule has 22 heavy (non-hydrogen) atoms. The van der Waals surface area contributed by atoms with E-state index in [1.807, 2.05) is 0 Å². The number of piperidine rings is 1. The lowest BCUT2D eigenvalue weighted by molar-refractivity contribution is -0.126. The van der Waals surface area contributed by atoms with Gasteiger partial charge in [-0.3, -0.25) is 9.69 Å². The summed E-state index contributed by atoms with van der Waals surface area (Å²) in [7, 11) is 0. The predicted octanol–water partition coefficient (Wildman–Crippen LogP) is 1.80. The molecule has 1 fully saturated rings. The Balaban J connectivity index is 1.73. The van der Waals surface area contributed by atoms with E-state index in [1.165, 1.54) is 5.01 Å².